The Morgan fingerprint density at radius 1 is 1.33 bits per heavy atom. The summed E-state index contributed by atoms with van der Waals surface area (Å²) >= 11 is 0. The highest BCUT2D eigenvalue weighted by molar-refractivity contribution is 5.67. The van der Waals surface area contributed by atoms with Crippen molar-refractivity contribution in [3.05, 3.63) is 35.9 Å². The zero-order valence-electron chi connectivity index (χ0n) is 15.3. The monoisotopic (exact) mass is 333 g/mol. The molecule has 1 aromatic carbocycles. The Balaban J connectivity index is 1.66. The number of hydrogen-bond acceptors (Lipinski definition) is 4. The quantitative estimate of drug-likeness (QED) is 0.840. The molecule has 1 aromatic rings. The van der Waals surface area contributed by atoms with E-state index in [4.69, 9.17) is 4.74 Å². The molecule has 1 aliphatic heterocycles. The van der Waals surface area contributed by atoms with Gasteiger partial charge in [0.05, 0.1) is 0 Å². The first kappa shape index (κ1) is 18.7. The van der Waals surface area contributed by atoms with Crippen molar-refractivity contribution in [2.45, 2.75) is 58.3 Å². The summed E-state index contributed by atoms with van der Waals surface area (Å²) in [5, 5.41) is 6.43. The standard InChI is InChI=1S/C19H31N3O2/c1-15(12-20-18(23)24-19(2,3)4)21-17-10-11-22(14-17)13-16-8-6-5-7-9-16/h5-9,15,17,21H,10-14H2,1-4H3,(H,20,23). The molecule has 0 spiro atoms. The third-order valence-corrected chi connectivity index (χ3v) is 3.99. The fourth-order valence-corrected chi connectivity index (χ4v) is 2.97. The van der Waals surface area contributed by atoms with Crippen molar-refractivity contribution < 1.29 is 9.53 Å². The van der Waals surface area contributed by atoms with Gasteiger partial charge in [-0.05, 0) is 39.7 Å². The van der Waals surface area contributed by atoms with Crippen LogP contribution in [-0.4, -0.2) is 48.3 Å². The average molecular weight is 333 g/mol. The van der Waals surface area contributed by atoms with Gasteiger partial charge in [0.1, 0.15) is 5.60 Å². The van der Waals surface area contributed by atoms with Gasteiger partial charge in [0, 0.05) is 38.3 Å². The van der Waals surface area contributed by atoms with E-state index in [1.807, 2.05) is 20.8 Å². The Morgan fingerprint density at radius 2 is 2.04 bits per heavy atom. The Hall–Kier alpha value is -1.59. The lowest BCUT2D eigenvalue weighted by atomic mass is 10.2. The number of likely N-dealkylation sites (tertiary alicyclic amines) is 1. The molecule has 2 unspecified atom stereocenters. The molecule has 0 radical (unpaired) electrons. The largest absolute Gasteiger partial charge is 0.444 e. The highest BCUT2D eigenvalue weighted by Gasteiger charge is 2.24. The molecular weight excluding hydrogens is 302 g/mol. The smallest absolute Gasteiger partial charge is 0.407 e. The number of carbonyl (C=O) groups excluding carboxylic acids is 1. The fraction of sp³-hybridized carbons (Fsp3) is 0.632. The van der Waals surface area contributed by atoms with E-state index in [1.165, 1.54) is 5.56 Å². The van der Waals surface area contributed by atoms with Crippen molar-refractivity contribution in [3.63, 3.8) is 0 Å². The minimum absolute atomic E-state index is 0.221. The second-order valence-electron chi connectivity index (χ2n) is 7.66. The van der Waals surface area contributed by atoms with Crippen LogP contribution in [0.2, 0.25) is 0 Å². The van der Waals surface area contributed by atoms with E-state index in [-0.39, 0.29) is 12.1 Å². The van der Waals surface area contributed by atoms with E-state index in [2.05, 4.69) is 52.8 Å². The van der Waals surface area contributed by atoms with Crippen LogP contribution in [0.15, 0.2) is 30.3 Å². The molecule has 1 fully saturated rings. The topological polar surface area (TPSA) is 53.6 Å². The van der Waals surface area contributed by atoms with Crippen LogP contribution in [0.25, 0.3) is 0 Å². The number of benzene rings is 1. The van der Waals surface area contributed by atoms with Crippen molar-refractivity contribution in [2.24, 2.45) is 0 Å². The molecule has 0 aliphatic carbocycles. The first-order chi connectivity index (χ1) is 11.3. The molecule has 1 amide bonds. The highest BCUT2D eigenvalue weighted by atomic mass is 16.6. The second-order valence-corrected chi connectivity index (χ2v) is 7.66. The zero-order chi connectivity index (χ0) is 17.6. The summed E-state index contributed by atoms with van der Waals surface area (Å²) in [4.78, 5) is 14.2. The van der Waals surface area contributed by atoms with Crippen LogP contribution in [0.5, 0.6) is 0 Å². The molecule has 0 aromatic heterocycles. The molecule has 2 rings (SSSR count). The molecule has 1 saturated heterocycles. The van der Waals surface area contributed by atoms with Gasteiger partial charge < -0.3 is 15.4 Å². The summed E-state index contributed by atoms with van der Waals surface area (Å²) in [6.07, 6.45) is 0.789. The van der Waals surface area contributed by atoms with Crippen LogP contribution in [0.1, 0.15) is 39.7 Å². The summed E-state index contributed by atoms with van der Waals surface area (Å²) in [6, 6.07) is 11.3. The van der Waals surface area contributed by atoms with E-state index >= 15 is 0 Å². The molecule has 24 heavy (non-hydrogen) atoms. The lowest BCUT2D eigenvalue weighted by Gasteiger charge is -2.23. The number of ether oxygens (including phenoxy) is 1. The number of nitrogens with one attached hydrogen (secondary N) is 2. The van der Waals surface area contributed by atoms with E-state index < -0.39 is 5.60 Å². The number of rotatable bonds is 6. The zero-order valence-corrected chi connectivity index (χ0v) is 15.3. The summed E-state index contributed by atoms with van der Waals surface area (Å²) in [6.45, 7) is 11.4. The number of carbonyl (C=O) groups is 1. The first-order valence-electron chi connectivity index (χ1n) is 8.81. The van der Waals surface area contributed by atoms with E-state index in [1.54, 1.807) is 0 Å². The van der Waals surface area contributed by atoms with E-state index in [9.17, 15) is 4.79 Å². The lowest BCUT2D eigenvalue weighted by molar-refractivity contribution is 0.0522. The number of amides is 1. The predicted molar refractivity (Wildman–Crippen MR) is 97.0 cm³/mol. The van der Waals surface area contributed by atoms with Crippen molar-refractivity contribution in [3.8, 4) is 0 Å². The van der Waals surface area contributed by atoms with Crippen LogP contribution >= 0.6 is 0 Å². The second kappa shape index (κ2) is 8.49. The normalized spacial score (nSPS) is 19.9. The number of alkyl carbamates (subject to hydrolysis) is 1. The highest BCUT2D eigenvalue weighted by Crippen LogP contribution is 2.14. The van der Waals surface area contributed by atoms with Crippen molar-refractivity contribution >= 4 is 6.09 Å². The molecule has 5 nitrogen and oxygen atoms in total. The number of nitrogens with zero attached hydrogens (tertiary/aromatic N) is 1. The van der Waals surface area contributed by atoms with Crippen molar-refractivity contribution in [1.29, 1.82) is 0 Å². The van der Waals surface area contributed by atoms with Crippen LogP contribution in [0.4, 0.5) is 4.79 Å². The van der Waals surface area contributed by atoms with Crippen LogP contribution < -0.4 is 10.6 Å². The fourth-order valence-electron chi connectivity index (χ4n) is 2.97. The van der Waals surface area contributed by atoms with Crippen LogP contribution in [0, 0.1) is 0 Å². The minimum Gasteiger partial charge on any atom is -0.444 e. The molecular formula is C19H31N3O2. The van der Waals surface area contributed by atoms with Gasteiger partial charge in [-0.15, -0.1) is 0 Å². The van der Waals surface area contributed by atoms with E-state index in [0.29, 0.717) is 12.6 Å². The Kier molecular flexibility index (Phi) is 6.63. The Labute approximate surface area is 145 Å². The average Bonchev–Trinajstić information content (AvgIpc) is 2.91. The maximum Gasteiger partial charge on any atom is 0.407 e. The molecule has 0 bridgehead atoms. The van der Waals surface area contributed by atoms with Gasteiger partial charge in [-0.25, -0.2) is 4.79 Å². The number of hydrogen-bond donors (Lipinski definition) is 2. The predicted octanol–water partition coefficient (Wildman–Crippen LogP) is 2.76. The van der Waals surface area contributed by atoms with Gasteiger partial charge in [-0.1, -0.05) is 30.3 Å². The Morgan fingerprint density at radius 3 is 2.71 bits per heavy atom. The third kappa shape index (κ3) is 6.89. The molecule has 2 atom stereocenters. The summed E-state index contributed by atoms with van der Waals surface area (Å²) < 4.78 is 5.26. The van der Waals surface area contributed by atoms with Gasteiger partial charge in [-0.2, -0.15) is 0 Å². The SMILES string of the molecule is CC(CNC(=O)OC(C)(C)C)NC1CCN(Cc2ccccc2)C1. The molecule has 5 heteroatoms. The summed E-state index contributed by atoms with van der Waals surface area (Å²) in [7, 11) is 0. The third-order valence-electron chi connectivity index (χ3n) is 3.99. The minimum atomic E-state index is -0.454. The summed E-state index contributed by atoms with van der Waals surface area (Å²) in [5.74, 6) is 0. The van der Waals surface area contributed by atoms with Gasteiger partial charge in [0.2, 0.25) is 0 Å². The van der Waals surface area contributed by atoms with Gasteiger partial charge in [0.25, 0.3) is 0 Å². The summed E-state index contributed by atoms with van der Waals surface area (Å²) in [5.41, 5.74) is 0.905. The van der Waals surface area contributed by atoms with Gasteiger partial charge in [0.15, 0.2) is 0 Å². The van der Waals surface area contributed by atoms with Crippen LogP contribution in [-0.2, 0) is 11.3 Å². The first-order valence-corrected chi connectivity index (χ1v) is 8.81. The molecule has 0 saturated carbocycles. The molecule has 1 aliphatic rings. The van der Waals surface area contributed by atoms with Gasteiger partial charge in [-0.3, -0.25) is 4.90 Å². The van der Waals surface area contributed by atoms with E-state index in [0.717, 1.165) is 26.1 Å². The van der Waals surface area contributed by atoms with Crippen LogP contribution in [0.3, 0.4) is 0 Å². The van der Waals surface area contributed by atoms with Crippen molar-refractivity contribution in [2.75, 3.05) is 19.6 Å². The molecule has 1 heterocycles. The van der Waals surface area contributed by atoms with Crippen molar-refractivity contribution in [1.82, 2.24) is 15.5 Å². The molecule has 134 valence electrons. The maximum atomic E-state index is 11.7. The lowest BCUT2D eigenvalue weighted by Crippen LogP contribution is -2.45. The maximum absolute atomic E-state index is 11.7. The Bertz CT molecular complexity index is 513. The molecule has 2 N–H and O–H groups in total. The van der Waals surface area contributed by atoms with Gasteiger partial charge >= 0.3 is 6.09 Å².